The van der Waals surface area contributed by atoms with E-state index < -0.39 is 0 Å². The maximum atomic E-state index is 14.3. The lowest BCUT2D eigenvalue weighted by atomic mass is 9.97. The fourth-order valence-electron chi connectivity index (χ4n) is 3.44. The quantitative estimate of drug-likeness (QED) is 0.770. The first-order valence-corrected chi connectivity index (χ1v) is 9.74. The highest BCUT2D eigenvalue weighted by Gasteiger charge is 2.34. The van der Waals surface area contributed by atoms with E-state index in [0.717, 1.165) is 11.1 Å². The van der Waals surface area contributed by atoms with Crippen molar-refractivity contribution in [3.05, 3.63) is 71.0 Å². The number of likely N-dealkylation sites (N-methyl/N-ethyl adjacent to an activating group) is 1. The molecular formula is C23H26FN3O2. The molecule has 0 aliphatic carbocycles. The number of hydrogen-bond donors (Lipinski definition) is 0. The van der Waals surface area contributed by atoms with Crippen LogP contribution in [0.2, 0.25) is 0 Å². The van der Waals surface area contributed by atoms with Crippen LogP contribution in [0.1, 0.15) is 43.0 Å². The van der Waals surface area contributed by atoms with Crippen molar-refractivity contribution in [3.8, 4) is 0 Å². The average Bonchev–Trinajstić information content (AvgIpc) is 3.13. The van der Waals surface area contributed by atoms with E-state index in [9.17, 15) is 14.0 Å². The molecule has 3 rings (SSSR count). The van der Waals surface area contributed by atoms with Crippen LogP contribution in [0.5, 0.6) is 0 Å². The highest BCUT2D eigenvalue weighted by molar-refractivity contribution is 6.03. The summed E-state index contributed by atoms with van der Waals surface area (Å²) in [4.78, 5) is 26.6. The highest BCUT2D eigenvalue weighted by Crippen LogP contribution is 2.33. The molecule has 0 fully saturated rings. The molecule has 0 radical (unpaired) electrons. The van der Waals surface area contributed by atoms with Crippen molar-refractivity contribution in [2.24, 2.45) is 11.0 Å². The summed E-state index contributed by atoms with van der Waals surface area (Å²) in [7, 11) is 1.61. The van der Waals surface area contributed by atoms with Gasteiger partial charge in [-0.2, -0.15) is 5.10 Å². The van der Waals surface area contributed by atoms with Crippen LogP contribution in [0.25, 0.3) is 0 Å². The van der Waals surface area contributed by atoms with Crippen molar-refractivity contribution in [1.82, 2.24) is 9.91 Å². The van der Waals surface area contributed by atoms with Crippen molar-refractivity contribution in [2.45, 2.75) is 33.2 Å². The minimum Gasteiger partial charge on any atom is -0.336 e. The van der Waals surface area contributed by atoms with Crippen LogP contribution in [0, 0.1) is 18.7 Å². The van der Waals surface area contributed by atoms with E-state index in [1.54, 1.807) is 39.1 Å². The molecular weight excluding hydrogens is 369 g/mol. The third-order valence-corrected chi connectivity index (χ3v) is 5.06. The molecule has 0 aromatic heterocycles. The SMILES string of the molecule is Cc1ccc([C@H]2CC(c3ccccc3F)=NN2C(=O)CN(C)C(=O)C(C)C)cc1. The second-order valence-electron chi connectivity index (χ2n) is 7.74. The van der Waals surface area contributed by atoms with Gasteiger partial charge in [0.1, 0.15) is 12.4 Å². The topological polar surface area (TPSA) is 53.0 Å². The van der Waals surface area contributed by atoms with Crippen molar-refractivity contribution in [3.63, 3.8) is 0 Å². The van der Waals surface area contributed by atoms with Crippen molar-refractivity contribution >= 4 is 17.5 Å². The summed E-state index contributed by atoms with van der Waals surface area (Å²) < 4.78 is 14.3. The second kappa shape index (κ2) is 8.55. The first-order valence-electron chi connectivity index (χ1n) is 9.74. The summed E-state index contributed by atoms with van der Waals surface area (Å²) in [6, 6.07) is 14.0. The molecule has 152 valence electrons. The summed E-state index contributed by atoms with van der Waals surface area (Å²) in [6.45, 7) is 5.51. The Morgan fingerprint density at radius 3 is 2.45 bits per heavy atom. The van der Waals surface area contributed by atoms with E-state index in [2.05, 4.69) is 5.10 Å². The number of amides is 2. The van der Waals surface area contributed by atoms with Gasteiger partial charge in [-0.3, -0.25) is 9.59 Å². The number of aryl methyl sites for hydroxylation is 1. The van der Waals surface area contributed by atoms with Gasteiger partial charge in [0.25, 0.3) is 5.91 Å². The number of carbonyl (C=O) groups excluding carboxylic acids is 2. The molecule has 5 nitrogen and oxygen atoms in total. The van der Waals surface area contributed by atoms with Crippen molar-refractivity contribution < 1.29 is 14.0 Å². The Bertz CT molecular complexity index is 937. The van der Waals surface area contributed by atoms with Crippen molar-refractivity contribution in [1.29, 1.82) is 0 Å². The molecule has 1 aliphatic rings. The molecule has 2 aromatic carbocycles. The van der Waals surface area contributed by atoms with E-state index in [1.807, 2.05) is 31.2 Å². The zero-order valence-corrected chi connectivity index (χ0v) is 17.2. The van der Waals surface area contributed by atoms with Crippen molar-refractivity contribution in [2.75, 3.05) is 13.6 Å². The van der Waals surface area contributed by atoms with E-state index in [-0.39, 0.29) is 36.1 Å². The standard InChI is InChI=1S/C23H26FN3O2/c1-15(2)23(29)26(4)14-22(28)27-21(17-11-9-16(3)10-12-17)13-20(25-27)18-7-5-6-8-19(18)24/h5-12,15,21H,13-14H2,1-4H3/t21-/m1/s1. The molecule has 2 aromatic rings. The first kappa shape index (κ1) is 20.7. The van der Waals surface area contributed by atoms with Crippen LogP contribution < -0.4 is 0 Å². The molecule has 2 amide bonds. The zero-order chi connectivity index (χ0) is 21.1. The molecule has 0 saturated heterocycles. The maximum absolute atomic E-state index is 14.3. The van der Waals surface area contributed by atoms with Crippen LogP contribution in [0.3, 0.4) is 0 Å². The third-order valence-electron chi connectivity index (χ3n) is 5.06. The predicted octanol–water partition coefficient (Wildman–Crippen LogP) is 3.93. The van der Waals surface area contributed by atoms with Gasteiger partial charge >= 0.3 is 0 Å². The normalized spacial score (nSPS) is 16.1. The number of halogens is 1. The number of carbonyl (C=O) groups is 2. The van der Waals surface area contributed by atoms with Gasteiger partial charge in [-0.15, -0.1) is 0 Å². The molecule has 0 bridgehead atoms. The lowest BCUT2D eigenvalue weighted by molar-refractivity contribution is -0.142. The molecule has 29 heavy (non-hydrogen) atoms. The van der Waals surface area contributed by atoms with Gasteiger partial charge in [-0.1, -0.05) is 61.9 Å². The Hall–Kier alpha value is -3.02. The first-order chi connectivity index (χ1) is 13.8. The lowest BCUT2D eigenvalue weighted by Crippen LogP contribution is -2.40. The number of nitrogens with zero attached hydrogens (tertiary/aromatic N) is 3. The van der Waals surface area contributed by atoms with Crippen LogP contribution in [-0.2, 0) is 9.59 Å². The molecule has 0 spiro atoms. The summed E-state index contributed by atoms with van der Waals surface area (Å²) in [5.74, 6) is -0.965. The number of benzene rings is 2. The number of rotatable bonds is 5. The predicted molar refractivity (Wildman–Crippen MR) is 111 cm³/mol. The minimum atomic E-state index is -0.365. The average molecular weight is 395 g/mol. The van der Waals surface area contributed by atoms with Gasteiger partial charge in [0.2, 0.25) is 5.91 Å². The molecule has 6 heteroatoms. The van der Waals surface area contributed by atoms with Gasteiger partial charge < -0.3 is 4.90 Å². The number of hydrazone groups is 1. The summed E-state index contributed by atoms with van der Waals surface area (Å²) in [6.07, 6.45) is 0.414. The van der Waals surface area contributed by atoms with Gasteiger partial charge in [0, 0.05) is 24.9 Å². The zero-order valence-electron chi connectivity index (χ0n) is 17.2. The smallest absolute Gasteiger partial charge is 0.262 e. The van der Waals surface area contributed by atoms with Gasteiger partial charge in [0.05, 0.1) is 11.8 Å². The third kappa shape index (κ3) is 4.53. The Morgan fingerprint density at radius 1 is 1.17 bits per heavy atom. The van der Waals surface area contributed by atoms with Gasteiger partial charge in [0.15, 0.2) is 0 Å². The Kier molecular flexibility index (Phi) is 6.11. The Morgan fingerprint density at radius 2 is 1.83 bits per heavy atom. The Balaban J connectivity index is 1.91. The van der Waals surface area contributed by atoms with Crippen LogP contribution in [0.4, 0.5) is 4.39 Å². The van der Waals surface area contributed by atoms with E-state index in [1.165, 1.54) is 16.0 Å². The van der Waals surface area contributed by atoms with E-state index >= 15 is 0 Å². The minimum absolute atomic E-state index is 0.0760. The highest BCUT2D eigenvalue weighted by atomic mass is 19.1. The van der Waals surface area contributed by atoms with Gasteiger partial charge in [-0.25, -0.2) is 9.40 Å². The van der Waals surface area contributed by atoms with Crippen LogP contribution in [0.15, 0.2) is 53.6 Å². The monoisotopic (exact) mass is 395 g/mol. The van der Waals surface area contributed by atoms with Gasteiger partial charge in [-0.05, 0) is 18.6 Å². The summed E-state index contributed by atoms with van der Waals surface area (Å²) >= 11 is 0. The van der Waals surface area contributed by atoms with E-state index in [0.29, 0.717) is 17.7 Å². The molecule has 1 aliphatic heterocycles. The fraction of sp³-hybridized carbons (Fsp3) is 0.348. The maximum Gasteiger partial charge on any atom is 0.262 e. The molecule has 0 unspecified atom stereocenters. The van der Waals surface area contributed by atoms with Crippen LogP contribution in [-0.4, -0.2) is 41.0 Å². The second-order valence-corrected chi connectivity index (χ2v) is 7.74. The molecule has 1 atom stereocenters. The largest absolute Gasteiger partial charge is 0.336 e. The number of hydrogen-bond acceptors (Lipinski definition) is 3. The summed E-state index contributed by atoms with van der Waals surface area (Å²) in [5, 5.41) is 5.88. The molecule has 0 N–H and O–H groups in total. The summed E-state index contributed by atoms with van der Waals surface area (Å²) in [5.41, 5.74) is 2.96. The molecule has 0 saturated carbocycles. The fourth-order valence-corrected chi connectivity index (χ4v) is 3.44. The molecule has 1 heterocycles. The van der Waals surface area contributed by atoms with Crippen LogP contribution >= 0.6 is 0 Å². The van der Waals surface area contributed by atoms with E-state index in [4.69, 9.17) is 0 Å². The Labute approximate surface area is 170 Å². The lowest BCUT2D eigenvalue weighted by Gasteiger charge is -2.25.